The zero-order chi connectivity index (χ0) is 7.98. The number of nitrogens with zero attached hydrogens (tertiary/aromatic N) is 1. The second-order valence-electron chi connectivity index (χ2n) is 2.55. The first-order valence-corrected chi connectivity index (χ1v) is 5.18. The van der Waals surface area contributed by atoms with Crippen LogP contribution in [0, 0.1) is 0 Å². The normalized spacial score (nSPS) is 12.8. The van der Waals surface area contributed by atoms with Gasteiger partial charge in [0.25, 0.3) is 0 Å². The van der Waals surface area contributed by atoms with Gasteiger partial charge in [-0.15, -0.1) is 17.0 Å². The highest BCUT2D eigenvalue weighted by Gasteiger charge is 2.07. The van der Waals surface area contributed by atoms with Gasteiger partial charge in [-0.3, -0.25) is 0 Å². The monoisotopic (exact) mass is 287 g/mol. The molecular formula is C8H19Br2N. The van der Waals surface area contributed by atoms with E-state index in [1.165, 1.54) is 19.5 Å². The van der Waals surface area contributed by atoms with Crippen LogP contribution in [0.3, 0.4) is 0 Å². The van der Waals surface area contributed by atoms with E-state index in [-0.39, 0.29) is 17.0 Å². The van der Waals surface area contributed by atoms with Crippen LogP contribution in [0.15, 0.2) is 0 Å². The molecule has 0 rings (SSSR count). The molecule has 11 heavy (non-hydrogen) atoms. The lowest BCUT2D eigenvalue weighted by atomic mass is 10.2. The van der Waals surface area contributed by atoms with Gasteiger partial charge in [0.05, 0.1) is 0 Å². The van der Waals surface area contributed by atoms with Gasteiger partial charge in [0.15, 0.2) is 0 Å². The highest BCUT2D eigenvalue weighted by molar-refractivity contribution is 9.09. The van der Waals surface area contributed by atoms with Crippen molar-refractivity contribution in [3.05, 3.63) is 0 Å². The molecule has 0 heterocycles. The molecule has 1 nitrogen and oxygen atoms in total. The van der Waals surface area contributed by atoms with Crippen LogP contribution in [-0.2, 0) is 0 Å². The second-order valence-corrected chi connectivity index (χ2v) is 3.34. The van der Waals surface area contributed by atoms with Crippen molar-refractivity contribution < 1.29 is 0 Å². The molecule has 0 amide bonds. The van der Waals surface area contributed by atoms with Crippen molar-refractivity contribution in [1.82, 2.24) is 4.90 Å². The highest BCUT2D eigenvalue weighted by atomic mass is 79.9. The van der Waals surface area contributed by atoms with Crippen LogP contribution in [0.25, 0.3) is 0 Å². The molecule has 1 atom stereocenters. The van der Waals surface area contributed by atoms with Gasteiger partial charge in [0.2, 0.25) is 0 Å². The van der Waals surface area contributed by atoms with Crippen LogP contribution in [0.2, 0.25) is 0 Å². The van der Waals surface area contributed by atoms with Crippen LogP contribution in [0.4, 0.5) is 0 Å². The maximum Gasteiger partial charge on any atom is 0.00746 e. The molecule has 0 saturated carbocycles. The number of alkyl halides is 1. The number of rotatable bonds is 5. The van der Waals surface area contributed by atoms with Crippen molar-refractivity contribution in [3.63, 3.8) is 0 Å². The summed E-state index contributed by atoms with van der Waals surface area (Å²) >= 11 is 3.45. The Balaban J connectivity index is 0. The summed E-state index contributed by atoms with van der Waals surface area (Å²) in [6, 6.07) is 0.731. The third-order valence-electron chi connectivity index (χ3n) is 1.96. The van der Waals surface area contributed by atoms with Crippen LogP contribution >= 0.6 is 32.9 Å². The molecule has 0 radical (unpaired) electrons. The number of hydrogen-bond donors (Lipinski definition) is 0. The summed E-state index contributed by atoms with van der Waals surface area (Å²) in [5.74, 6) is 0. The van der Waals surface area contributed by atoms with Gasteiger partial charge in [0, 0.05) is 11.4 Å². The summed E-state index contributed by atoms with van der Waals surface area (Å²) in [5, 5.41) is 1.12. The summed E-state index contributed by atoms with van der Waals surface area (Å²) in [6.45, 7) is 9.06. The van der Waals surface area contributed by atoms with E-state index in [1.807, 2.05) is 0 Å². The fraction of sp³-hybridized carbons (Fsp3) is 1.00. The van der Waals surface area contributed by atoms with E-state index in [4.69, 9.17) is 0 Å². The Hall–Kier alpha value is 0.920. The predicted octanol–water partition coefficient (Wildman–Crippen LogP) is 3.08. The first kappa shape index (κ1) is 14.4. The minimum absolute atomic E-state index is 0. The van der Waals surface area contributed by atoms with Gasteiger partial charge in [-0.25, -0.2) is 0 Å². The maximum absolute atomic E-state index is 3.45. The zero-order valence-corrected chi connectivity index (χ0v) is 10.9. The Labute approximate surface area is 89.4 Å². The molecule has 0 saturated heterocycles. The molecule has 3 heteroatoms. The number of halogens is 2. The molecule has 0 fully saturated rings. The zero-order valence-electron chi connectivity index (χ0n) is 7.64. The van der Waals surface area contributed by atoms with Gasteiger partial charge in [-0.1, -0.05) is 29.8 Å². The Morgan fingerprint density at radius 3 is 2.00 bits per heavy atom. The molecule has 0 bridgehead atoms. The van der Waals surface area contributed by atoms with E-state index in [2.05, 4.69) is 41.6 Å². The van der Waals surface area contributed by atoms with E-state index >= 15 is 0 Å². The van der Waals surface area contributed by atoms with E-state index in [0.717, 1.165) is 11.4 Å². The topological polar surface area (TPSA) is 3.24 Å². The molecule has 0 aliphatic rings. The molecular weight excluding hydrogens is 270 g/mol. The molecule has 1 unspecified atom stereocenters. The Kier molecular flexibility index (Phi) is 11.8. The average Bonchev–Trinajstić information content (AvgIpc) is 1.91. The molecule has 0 aromatic heterocycles. The Morgan fingerprint density at radius 1 is 1.27 bits per heavy atom. The molecule has 0 aliphatic carbocycles. The van der Waals surface area contributed by atoms with Crippen molar-refractivity contribution in [2.24, 2.45) is 0 Å². The average molecular weight is 289 g/mol. The maximum atomic E-state index is 3.45. The van der Waals surface area contributed by atoms with Crippen molar-refractivity contribution >= 4 is 32.9 Å². The van der Waals surface area contributed by atoms with E-state index in [9.17, 15) is 0 Å². The molecule has 70 valence electrons. The summed E-state index contributed by atoms with van der Waals surface area (Å²) < 4.78 is 0. The van der Waals surface area contributed by atoms with Gasteiger partial charge in [-0.05, 0) is 26.4 Å². The summed E-state index contributed by atoms with van der Waals surface area (Å²) in [6.07, 6.45) is 1.25. The minimum atomic E-state index is 0. The van der Waals surface area contributed by atoms with Crippen molar-refractivity contribution in [2.75, 3.05) is 18.4 Å². The first-order valence-electron chi connectivity index (χ1n) is 4.06. The largest absolute Gasteiger partial charge is 0.301 e. The smallest absolute Gasteiger partial charge is 0.00746 e. The van der Waals surface area contributed by atoms with Crippen LogP contribution < -0.4 is 0 Å². The molecule has 0 aromatic rings. The van der Waals surface area contributed by atoms with Crippen molar-refractivity contribution in [2.45, 2.75) is 33.2 Å². The first-order chi connectivity index (χ1) is 4.76. The second kappa shape index (κ2) is 9.01. The van der Waals surface area contributed by atoms with E-state index < -0.39 is 0 Å². The third kappa shape index (κ3) is 6.12. The molecule has 0 spiro atoms. The fourth-order valence-corrected chi connectivity index (χ4v) is 1.85. The summed E-state index contributed by atoms with van der Waals surface area (Å²) in [7, 11) is 0. The highest BCUT2D eigenvalue weighted by Crippen LogP contribution is 2.04. The quantitative estimate of drug-likeness (QED) is 0.703. The third-order valence-corrected chi connectivity index (χ3v) is 2.42. The lowest BCUT2D eigenvalue weighted by molar-refractivity contribution is 0.228. The van der Waals surface area contributed by atoms with Crippen LogP contribution in [0.5, 0.6) is 0 Å². The SMILES string of the molecule is Br.CCN(CC)C(C)CCBr. The lowest BCUT2D eigenvalue weighted by Gasteiger charge is -2.25. The van der Waals surface area contributed by atoms with Crippen molar-refractivity contribution in [1.29, 1.82) is 0 Å². The molecule has 0 aliphatic heterocycles. The van der Waals surface area contributed by atoms with Crippen LogP contribution in [0.1, 0.15) is 27.2 Å². The summed E-state index contributed by atoms with van der Waals surface area (Å²) in [5.41, 5.74) is 0. The fourth-order valence-electron chi connectivity index (χ4n) is 1.19. The van der Waals surface area contributed by atoms with Gasteiger partial charge in [-0.2, -0.15) is 0 Å². The van der Waals surface area contributed by atoms with E-state index in [1.54, 1.807) is 0 Å². The standard InChI is InChI=1S/C8H18BrN.BrH/c1-4-10(5-2)8(3)6-7-9;/h8H,4-7H2,1-3H3;1H. The lowest BCUT2D eigenvalue weighted by Crippen LogP contribution is -2.32. The van der Waals surface area contributed by atoms with Crippen LogP contribution in [-0.4, -0.2) is 29.4 Å². The van der Waals surface area contributed by atoms with Gasteiger partial charge in [0.1, 0.15) is 0 Å². The van der Waals surface area contributed by atoms with Gasteiger partial charge >= 0.3 is 0 Å². The van der Waals surface area contributed by atoms with E-state index in [0.29, 0.717) is 0 Å². The predicted molar refractivity (Wildman–Crippen MR) is 61.1 cm³/mol. The Bertz CT molecular complexity index is 74.5. The van der Waals surface area contributed by atoms with Gasteiger partial charge < -0.3 is 4.90 Å². The molecule has 0 N–H and O–H groups in total. The molecule has 0 aromatic carbocycles. The summed E-state index contributed by atoms with van der Waals surface area (Å²) in [4.78, 5) is 2.47. The van der Waals surface area contributed by atoms with Crippen molar-refractivity contribution in [3.8, 4) is 0 Å². The Morgan fingerprint density at radius 2 is 1.73 bits per heavy atom. The minimum Gasteiger partial charge on any atom is -0.301 e. The number of hydrogen-bond acceptors (Lipinski definition) is 1.